The summed E-state index contributed by atoms with van der Waals surface area (Å²) >= 11 is 0. The molecule has 0 aromatic heterocycles. The Hall–Kier alpha value is -3.77. The summed E-state index contributed by atoms with van der Waals surface area (Å²) in [5.74, 6) is -0.266. The molecule has 5 rings (SSSR count). The molecule has 5 aromatic rings. The second-order valence-corrected chi connectivity index (χ2v) is 15.5. The third-order valence-electron chi connectivity index (χ3n) is 7.13. The molecule has 0 saturated carbocycles. The fraction of sp³-hybridized carbons (Fsp3) is 0.0882. The van der Waals surface area contributed by atoms with Crippen LogP contribution in [0.1, 0.15) is 15.9 Å². The maximum Gasteiger partial charge on any atom is 0.174 e. The third-order valence-corrected chi connectivity index (χ3v) is 14.0. The molecule has 1 atom stereocenters. The molecule has 5 heteroatoms. The zero-order valence-corrected chi connectivity index (χ0v) is 23.5. The van der Waals surface area contributed by atoms with E-state index in [0.717, 1.165) is 5.56 Å². The Morgan fingerprint density at radius 1 is 0.538 bits per heavy atom. The van der Waals surface area contributed by atoms with Crippen LogP contribution in [0.25, 0.3) is 0 Å². The summed E-state index contributed by atoms with van der Waals surface area (Å²) in [7, 11) is -7.02. The average Bonchev–Trinajstić information content (AvgIpc) is 3.01. The molecule has 0 radical (unpaired) electrons. The molecule has 194 valence electrons. The molecule has 0 spiro atoms. The van der Waals surface area contributed by atoms with Crippen LogP contribution in [0.5, 0.6) is 0 Å². The number of ketones is 1. The largest absolute Gasteiger partial charge is 0.314 e. The highest BCUT2D eigenvalue weighted by Crippen LogP contribution is 2.56. The molecule has 1 unspecified atom stereocenters. The maximum absolute atomic E-state index is 15.6. The van der Waals surface area contributed by atoms with Crippen molar-refractivity contribution in [2.24, 2.45) is 0 Å². The van der Waals surface area contributed by atoms with Crippen LogP contribution in [0.15, 0.2) is 146 Å². The number of hydrogen-bond acceptors (Lipinski definition) is 3. The number of benzene rings is 5. The monoisotopic (exact) mass is 548 g/mol. The Morgan fingerprint density at radius 3 is 1.28 bits per heavy atom. The molecule has 0 saturated heterocycles. The van der Waals surface area contributed by atoms with E-state index in [1.807, 2.05) is 140 Å². The summed E-state index contributed by atoms with van der Waals surface area (Å²) in [6.07, 6.45) is -0.0607. The highest BCUT2D eigenvalue weighted by atomic mass is 31.2. The van der Waals surface area contributed by atoms with Crippen LogP contribution in [-0.4, -0.2) is 17.6 Å². The molecule has 3 nitrogen and oxygen atoms in total. The summed E-state index contributed by atoms with van der Waals surface area (Å²) in [5.41, 5.74) is 0.443. The molecule has 0 aliphatic heterocycles. The van der Waals surface area contributed by atoms with Gasteiger partial charge in [-0.3, -0.25) is 4.79 Å². The van der Waals surface area contributed by atoms with Gasteiger partial charge in [-0.15, -0.1) is 0 Å². The standard InChI is InChI=1S/C34H30O3P2/c1-27-22-24-28(25-23-27)34(35)33(39(37,31-18-10-4-11-19-31)32-20-12-5-13-21-32)26-38(36,29-14-6-2-7-15-29)30-16-8-3-9-17-30/h2-25,33H,26H2,1H3. The zero-order valence-electron chi connectivity index (χ0n) is 21.8. The first-order valence-electron chi connectivity index (χ1n) is 12.9. The highest BCUT2D eigenvalue weighted by molar-refractivity contribution is 7.83. The first kappa shape index (κ1) is 26.8. The third kappa shape index (κ3) is 5.39. The number of carbonyl (C=O) groups excluding carboxylic acids is 1. The molecule has 39 heavy (non-hydrogen) atoms. The summed E-state index contributed by atoms with van der Waals surface area (Å²) in [4.78, 5) is 14.5. The molecule has 5 aromatic carbocycles. The topological polar surface area (TPSA) is 51.2 Å². The summed E-state index contributed by atoms with van der Waals surface area (Å²) in [6, 6.07) is 44.3. The van der Waals surface area contributed by atoms with Crippen molar-refractivity contribution in [3.63, 3.8) is 0 Å². The summed E-state index contributed by atoms with van der Waals surface area (Å²) < 4.78 is 30.8. The van der Waals surface area contributed by atoms with Gasteiger partial charge in [0.05, 0.1) is 5.66 Å². The SMILES string of the molecule is Cc1ccc(C(=O)C(CP(=O)(c2ccccc2)c2ccccc2)P(=O)(c2ccccc2)c2ccccc2)cc1. The van der Waals surface area contributed by atoms with Crippen molar-refractivity contribution in [3.05, 3.63) is 157 Å². The van der Waals surface area contributed by atoms with Crippen LogP contribution in [0.4, 0.5) is 0 Å². The van der Waals surface area contributed by atoms with E-state index in [4.69, 9.17) is 0 Å². The molecule has 0 aliphatic rings. The molecule has 0 fully saturated rings. The Balaban J connectivity index is 1.78. The Kier molecular flexibility index (Phi) is 7.94. The van der Waals surface area contributed by atoms with E-state index >= 15 is 9.13 Å². The molecule has 0 heterocycles. The lowest BCUT2D eigenvalue weighted by molar-refractivity contribution is 0.0992. The van der Waals surface area contributed by atoms with E-state index in [1.54, 1.807) is 12.1 Å². The summed E-state index contributed by atoms with van der Waals surface area (Å²) in [5, 5.41) is 2.44. The van der Waals surface area contributed by atoms with Crippen molar-refractivity contribution in [2.45, 2.75) is 12.6 Å². The number of rotatable bonds is 9. The molecule has 0 bridgehead atoms. The van der Waals surface area contributed by atoms with E-state index in [1.165, 1.54) is 0 Å². The zero-order chi connectivity index (χ0) is 27.3. The van der Waals surface area contributed by atoms with Gasteiger partial charge < -0.3 is 9.13 Å². The highest BCUT2D eigenvalue weighted by Gasteiger charge is 2.46. The van der Waals surface area contributed by atoms with Gasteiger partial charge in [0.25, 0.3) is 0 Å². The Morgan fingerprint density at radius 2 is 0.897 bits per heavy atom. The lowest BCUT2D eigenvalue weighted by Gasteiger charge is -2.31. The molecular formula is C34H30O3P2. The van der Waals surface area contributed by atoms with Crippen LogP contribution in [0.2, 0.25) is 0 Å². The van der Waals surface area contributed by atoms with Gasteiger partial charge in [0.2, 0.25) is 0 Å². The number of carbonyl (C=O) groups is 1. The van der Waals surface area contributed by atoms with Crippen molar-refractivity contribution in [1.29, 1.82) is 0 Å². The minimum atomic E-state index is -3.63. The van der Waals surface area contributed by atoms with Crippen molar-refractivity contribution in [2.75, 3.05) is 6.16 Å². The van der Waals surface area contributed by atoms with Gasteiger partial charge in [0, 0.05) is 32.9 Å². The van der Waals surface area contributed by atoms with Gasteiger partial charge in [-0.2, -0.15) is 0 Å². The fourth-order valence-electron chi connectivity index (χ4n) is 5.02. The van der Waals surface area contributed by atoms with E-state index in [9.17, 15) is 4.79 Å². The normalized spacial score (nSPS) is 12.5. The summed E-state index contributed by atoms with van der Waals surface area (Å²) in [6.45, 7) is 1.96. The van der Waals surface area contributed by atoms with Crippen molar-refractivity contribution >= 4 is 41.3 Å². The van der Waals surface area contributed by atoms with Crippen LogP contribution in [0.3, 0.4) is 0 Å². The minimum absolute atomic E-state index is 0.0607. The van der Waals surface area contributed by atoms with E-state index < -0.39 is 19.9 Å². The quantitative estimate of drug-likeness (QED) is 0.155. The lowest BCUT2D eigenvalue weighted by Crippen LogP contribution is -2.37. The first-order valence-corrected chi connectivity index (χ1v) is 16.6. The van der Waals surface area contributed by atoms with Gasteiger partial charge in [0.1, 0.15) is 7.14 Å². The fourth-order valence-corrected chi connectivity index (χ4v) is 12.0. The Labute approximate surface area is 230 Å². The molecular weight excluding hydrogens is 518 g/mol. The molecule has 0 amide bonds. The van der Waals surface area contributed by atoms with Crippen LogP contribution in [0, 0.1) is 6.92 Å². The number of aryl methyl sites for hydroxylation is 1. The van der Waals surface area contributed by atoms with E-state index in [-0.39, 0.29) is 11.9 Å². The van der Waals surface area contributed by atoms with Gasteiger partial charge in [-0.05, 0) is 6.92 Å². The van der Waals surface area contributed by atoms with Crippen LogP contribution >= 0.6 is 14.3 Å². The van der Waals surface area contributed by atoms with Crippen molar-refractivity contribution in [3.8, 4) is 0 Å². The van der Waals surface area contributed by atoms with Crippen molar-refractivity contribution in [1.82, 2.24) is 0 Å². The second kappa shape index (κ2) is 11.5. The minimum Gasteiger partial charge on any atom is -0.314 e. The van der Waals surface area contributed by atoms with Crippen LogP contribution < -0.4 is 21.2 Å². The number of Topliss-reactive ketones (excluding diaryl/α,β-unsaturated/α-hetero) is 1. The van der Waals surface area contributed by atoms with Crippen molar-refractivity contribution < 1.29 is 13.9 Å². The predicted octanol–water partition coefficient (Wildman–Crippen LogP) is 6.57. The maximum atomic E-state index is 15.6. The van der Waals surface area contributed by atoms with Gasteiger partial charge in [0.15, 0.2) is 12.9 Å². The second-order valence-electron chi connectivity index (χ2n) is 9.67. The average molecular weight is 549 g/mol. The smallest absolute Gasteiger partial charge is 0.174 e. The van der Waals surface area contributed by atoms with E-state index in [0.29, 0.717) is 26.8 Å². The van der Waals surface area contributed by atoms with Gasteiger partial charge in [-0.25, -0.2) is 0 Å². The van der Waals surface area contributed by atoms with Crippen LogP contribution in [-0.2, 0) is 9.13 Å². The van der Waals surface area contributed by atoms with Gasteiger partial charge >= 0.3 is 0 Å². The number of hydrogen-bond donors (Lipinski definition) is 0. The lowest BCUT2D eigenvalue weighted by atomic mass is 10.1. The Bertz CT molecular complexity index is 1550. The molecule has 0 N–H and O–H groups in total. The van der Waals surface area contributed by atoms with E-state index in [2.05, 4.69) is 0 Å². The molecule has 0 aliphatic carbocycles. The first-order chi connectivity index (χ1) is 18.9. The predicted molar refractivity (Wildman–Crippen MR) is 164 cm³/mol. The van der Waals surface area contributed by atoms with Gasteiger partial charge in [-0.1, -0.05) is 151 Å².